The maximum Gasteiger partial charge on any atom is 0.245 e. The Labute approximate surface area is 137 Å². The van der Waals surface area contributed by atoms with Crippen LogP contribution < -0.4 is 0 Å². The average molecular weight is 312 g/mol. The van der Waals surface area contributed by atoms with Crippen LogP contribution in [0, 0.1) is 6.92 Å². The Hall–Kier alpha value is -2.10. The van der Waals surface area contributed by atoms with Crippen molar-refractivity contribution in [2.75, 3.05) is 19.6 Å². The van der Waals surface area contributed by atoms with E-state index in [4.69, 9.17) is 0 Å². The summed E-state index contributed by atoms with van der Waals surface area (Å²) in [7, 11) is 0. The Morgan fingerprint density at radius 3 is 2.48 bits per heavy atom. The summed E-state index contributed by atoms with van der Waals surface area (Å²) < 4.78 is 0. The molecule has 4 heteroatoms. The average Bonchev–Trinajstić information content (AvgIpc) is 3.05. The van der Waals surface area contributed by atoms with Crippen molar-refractivity contribution in [2.45, 2.75) is 39.2 Å². The molecule has 2 amide bonds. The molecule has 3 rings (SSSR count). The molecule has 0 saturated carbocycles. The number of hydrogen-bond acceptors (Lipinski definition) is 2. The van der Waals surface area contributed by atoms with Gasteiger partial charge in [0.05, 0.1) is 0 Å². The van der Waals surface area contributed by atoms with Gasteiger partial charge in [0.2, 0.25) is 11.8 Å². The van der Waals surface area contributed by atoms with Gasteiger partial charge >= 0.3 is 0 Å². The van der Waals surface area contributed by atoms with E-state index in [0.29, 0.717) is 13.1 Å². The van der Waals surface area contributed by atoms with Crippen LogP contribution in [-0.2, 0) is 9.59 Å². The fraction of sp³-hybridized carbons (Fsp3) is 0.474. The lowest BCUT2D eigenvalue weighted by Gasteiger charge is -2.32. The molecule has 0 radical (unpaired) electrons. The molecule has 1 unspecified atom stereocenters. The highest BCUT2D eigenvalue weighted by atomic mass is 16.2. The number of nitrogens with zero attached hydrogens (tertiary/aromatic N) is 2. The summed E-state index contributed by atoms with van der Waals surface area (Å²) in [6, 6.07) is 8.29. The summed E-state index contributed by atoms with van der Waals surface area (Å²) in [6.07, 6.45) is 4.75. The molecule has 122 valence electrons. The Morgan fingerprint density at radius 2 is 1.87 bits per heavy atom. The molecule has 1 aromatic rings. The molecule has 0 bridgehead atoms. The molecule has 1 fully saturated rings. The summed E-state index contributed by atoms with van der Waals surface area (Å²) in [5, 5.41) is 0. The molecule has 1 saturated heterocycles. The minimum atomic E-state index is -0.248. The topological polar surface area (TPSA) is 40.6 Å². The van der Waals surface area contributed by atoms with Crippen LogP contribution in [-0.4, -0.2) is 47.3 Å². The fourth-order valence-corrected chi connectivity index (χ4v) is 3.51. The third-order valence-electron chi connectivity index (χ3n) is 4.89. The van der Waals surface area contributed by atoms with Gasteiger partial charge in [0.1, 0.15) is 6.04 Å². The van der Waals surface area contributed by atoms with Crippen LogP contribution in [0.2, 0.25) is 0 Å². The van der Waals surface area contributed by atoms with Gasteiger partial charge in [-0.05, 0) is 37.3 Å². The van der Waals surface area contributed by atoms with Crippen LogP contribution in [0.1, 0.15) is 37.3 Å². The minimum Gasteiger partial charge on any atom is -0.337 e. The Balaban J connectivity index is 1.67. The monoisotopic (exact) mass is 312 g/mol. The molecule has 23 heavy (non-hydrogen) atoms. The fourth-order valence-electron chi connectivity index (χ4n) is 3.51. The van der Waals surface area contributed by atoms with Crippen LogP contribution in [0.15, 0.2) is 30.3 Å². The number of hydrogen-bond donors (Lipinski definition) is 0. The molecule has 0 aliphatic carbocycles. The first kappa shape index (κ1) is 15.8. The maximum absolute atomic E-state index is 12.7. The second kappa shape index (κ2) is 6.57. The van der Waals surface area contributed by atoms with Gasteiger partial charge in [-0.3, -0.25) is 9.59 Å². The van der Waals surface area contributed by atoms with E-state index >= 15 is 0 Å². The van der Waals surface area contributed by atoms with Gasteiger partial charge in [-0.25, -0.2) is 0 Å². The summed E-state index contributed by atoms with van der Waals surface area (Å²) in [5.41, 5.74) is 3.81. The first-order valence-electron chi connectivity index (χ1n) is 8.38. The van der Waals surface area contributed by atoms with Crippen molar-refractivity contribution >= 4 is 17.4 Å². The van der Waals surface area contributed by atoms with Crippen LogP contribution in [0.5, 0.6) is 0 Å². The summed E-state index contributed by atoms with van der Waals surface area (Å²) >= 11 is 0. The van der Waals surface area contributed by atoms with E-state index in [0.717, 1.165) is 25.8 Å². The smallest absolute Gasteiger partial charge is 0.245 e. The van der Waals surface area contributed by atoms with E-state index in [2.05, 4.69) is 37.3 Å². The zero-order valence-electron chi connectivity index (χ0n) is 13.9. The lowest BCUT2D eigenvalue weighted by Crippen LogP contribution is -2.48. The van der Waals surface area contributed by atoms with Crippen LogP contribution in [0.25, 0.3) is 5.57 Å². The number of benzene rings is 1. The zero-order chi connectivity index (χ0) is 16.4. The Kier molecular flexibility index (Phi) is 4.51. The van der Waals surface area contributed by atoms with Crippen molar-refractivity contribution in [3.8, 4) is 0 Å². The number of carbonyl (C=O) groups is 2. The lowest BCUT2D eigenvalue weighted by atomic mass is 9.98. The van der Waals surface area contributed by atoms with Crippen molar-refractivity contribution in [1.29, 1.82) is 0 Å². The van der Waals surface area contributed by atoms with Gasteiger partial charge in [0.25, 0.3) is 0 Å². The van der Waals surface area contributed by atoms with Crippen LogP contribution >= 0.6 is 0 Å². The Morgan fingerprint density at radius 1 is 1.13 bits per heavy atom. The van der Waals surface area contributed by atoms with Crippen molar-refractivity contribution < 1.29 is 9.59 Å². The third kappa shape index (κ3) is 3.31. The highest BCUT2D eigenvalue weighted by Crippen LogP contribution is 2.25. The SMILES string of the molecule is CC(=O)N1CCCC1C(=O)N1CC=C(c2ccc(C)cc2)CC1. The molecular weight excluding hydrogens is 288 g/mol. The number of carbonyl (C=O) groups excluding carboxylic acids is 2. The summed E-state index contributed by atoms with van der Waals surface area (Å²) in [5.74, 6) is 0.116. The number of aryl methyl sites for hydroxylation is 1. The predicted molar refractivity (Wildman–Crippen MR) is 90.8 cm³/mol. The van der Waals surface area contributed by atoms with Crippen molar-refractivity contribution in [1.82, 2.24) is 9.80 Å². The zero-order valence-corrected chi connectivity index (χ0v) is 13.9. The first-order chi connectivity index (χ1) is 11.1. The van der Waals surface area contributed by atoms with E-state index < -0.39 is 0 Å². The highest BCUT2D eigenvalue weighted by Gasteiger charge is 2.35. The minimum absolute atomic E-state index is 0.00810. The quantitative estimate of drug-likeness (QED) is 0.842. The predicted octanol–water partition coefficient (Wildman–Crippen LogP) is 2.62. The van der Waals surface area contributed by atoms with Gasteiger partial charge in [0.15, 0.2) is 0 Å². The van der Waals surface area contributed by atoms with E-state index in [1.807, 2.05) is 4.90 Å². The lowest BCUT2D eigenvalue weighted by molar-refractivity contribution is -0.142. The van der Waals surface area contributed by atoms with Gasteiger partial charge in [0, 0.05) is 26.6 Å². The normalized spacial score (nSPS) is 21.3. The van der Waals surface area contributed by atoms with E-state index in [9.17, 15) is 9.59 Å². The second-order valence-electron chi connectivity index (χ2n) is 6.50. The van der Waals surface area contributed by atoms with E-state index in [1.165, 1.54) is 16.7 Å². The molecule has 0 N–H and O–H groups in total. The summed E-state index contributed by atoms with van der Waals surface area (Å²) in [6.45, 7) is 5.73. The third-order valence-corrected chi connectivity index (χ3v) is 4.89. The molecule has 0 aromatic heterocycles. The number of rotatable bonds is 2. The van der Waals surface area contributed by atoms with Crippen molar-refractivity contribution in [2.24, 2.45) is 0 Å². The Bertz CT molecular complexity index is 633. The molecule has 2 aliphatic rings. The van der Waals surface area contributed by atoms with Gasteiger partial charge < -0.3 is 9.80 Å². The largest absolute Gasteiger partial charge is 0.337 e. The van der Waals surface area contributed by atoms with E-state index in [1.54, 1.807) is 11.8 Å². The number of amides is 2. The highest BCUT2D eigenvalue weighted by molar-refractivity contribution is 5.88. The molecule has 1 atom stereocenters. The molecule has 4 nitrogen and oxygen atoms in total. The molecule has 0 spiro atoms. The molecule has 2 aliphatic heterocycles. The maximum atomic E-state index is 12.7. The molecule has 1 aromatic carbocycles. The van der Waals surface area contributed by atoms with Crippen LogP contribution in [0.4, 0.5) is 0 Å². The molecular formula is C19H24N2O2. The standard InChI is InChI=1S/C19H24N2O2/c1-14-5-7-16(8-6-14)17-9-12-20(13-10-17)19(23)18-4-3-11-21(18)15(2)22/h5-9,18H,3-4,10-13H2,1-2H3. The first-order valence-corrected chi connectivity index (χ1v) is 8.38. The van der Waals surface area contributed by atoms with Gasteiger partial charge in [-0.15, -0.1) is 0 Å². The second-order valence-corrected chi connectivity index (χ2v) is 6.50. The van der Waals surface area contributed by atoms with Gasteiger partial charge in [-0.2, -0.15) is 0 Å². The number of likely N-dealkylation sites (tertiary alicyclic amines) is 1. The van der Waals surface area contributed by atoms with Crippen molar-refractivity contribution in [3.05, 3.63) is 41.5 Å². The van der Waals surface area contributed by atoms with E-state index in [-0.39, 0.29) is 17.9 Å². The van der Waals surface area contributed by atoms with Crippen molar-refractivity contribution in [3.63, 3.8) is 0 Å². The van der Waals surface area contributed by atoms with Crippen LogP contribution in [0.3, 0.4) is 0 Å². The summed E-state index contributed by atoms with van der Waals surface area (Å²) in [4.78, 5) is 28.0. The molecule has 2 heterocycles. The van der Waals surface area contributed by atoms with Gasteiger partial charge in [-0.1, -0.05) is 35.9 Å².